The van der Waals surface area contributed by atoms with Crippen molar-refractivity contribution in [3.63, 3.8) is 0 Å². The molecule has 0 fully saturated rings. The highest BCUT2D eigenvalue weighted by Crippen LogP contribution is 2.27. The Labute approximate surface area is 114 Å². The Morgan fingerprint density at radius 1 is 1.37 bits per heavy atom. The van der Waals surface area contributed by atoms with Gasteiger partial charge in [0.1, 0.15) is 11.1 Å². The molecule has 1 aromatic heterocycles. The molecule has 0 saturated heterocycles. The van der Waals surface area contributed by atoms with Crippen molar-refractivity contribution in [2.75, 3.05) is 0 Å². The first kappa shape index (κ1) is 13.1. The highest BCUT2D eigenvalue weighted by atomic mass is 32.2. The third-order valence-corrected chi connectivity index (χ3v) is 3.47. The van der Waals surface area contributed by atoms with Crippen LogP contribution < -0.4 is 0 Å². The van der Waals surface area contributed by atoms with Crippen LogP contribution in [0.5, 0.6) is 0 Å². The van der Waals surface area contributed by atoms with Crippen molar-refractivity contribution in [2.24, 2.45) is 0 Å². The van der Waals surface area contributed by atoms with Crippen molar-refractivity contribution >= 4 is 17.7 Å². The molecule has 0 spiro atoms. The lowest BCUT2D eigenvalue weighted by Gasteiger charge is -2.05. The summed E-state index contributed by atoms with van der Waals surface area (Å²) in [6.45, 7) is 1.76. The standard InChI is InChI=1S/C14H10N2O2S/c1-9-2-4-11(6-12(9)14(17)18)19-13-5-3-10(7-15)8-16-13/h2-6,8H,1H3,(H,17,18). The molecule has 0 aliphatic carbocycles. The van der Waals surface area contributed by atoms with E-state index in [1.54, 1.807) is 31.2 Å². The molecule has 94 valence electrons. The molecule has 2 rings (SSSR count). The number of rotatable bonds is 3. The molecule has 0 unspecified atom stereocenters. The summed E-state index contributed by atoms with van der Waals surface area (Å²) in [4.78, 5) is 16.0. The fourth-order valence-corrected chi connectivity index (χ4v) is 2.32. The molecule has 1 aromatic carbocycles. The largest absolute Gasteiger partial charge is 0.478 e. The molecular weight excluding hydrogens is 260 g/mol. The molecule has 19 heavy (non-hydrogen) atoms. The van der Waals surface area contributed by atoms with Gasteiger partial charge in [0.25, 0.3) is 0 Å². The number of hydrogen-bond donors (Lipinski definition) is 1. The Balaban J connectivity index is 2.25. The number of hydrogen-bond acceptors (Lipinski definition) is 4. The first-order valence-electron chi connectivity index (χ1n) is 5.48. The Hall–Kier alpha value is -2.32. The highest BCUT2D eigenvalue weighted by molar-refractivity contribution is 7.99. The van der Waals surface area contributed by atoms with Crippen LogP contribution >= 0.6 is 11.8 Å². The van der Waals surface area contributed by atoms with Crippen LogP contribution in [0.1, 0.15) is 21.5 Å². The van der Waals surface area contributed by atoms with E-state index in [1.165, 1.54) is 18.0 Å². The average molecular weight is 270 g/mol. The van der Waals surface area contributed by atoms with Crippen LogP contribution in [-0.4, -0.2) is 16.1 Å². The molecule has 0 saturated carbocycles. The van der Waals surface area contributed by atoms with E-state index >= 15 is 0 Å². The van der Waals surface area contributed by atoms with E-state index in [2.05, 4.69) is 4.98 Å². The monoisotopic (exact) mass is 270 g/mol. The fourth-order valence-electron chi connectivity index (χ4n) is 1.52. The molecule has 1 heterocycles. The van der Waals surface area contributed by atoms with Crippen molar-refractivity contribution in [1.82, 2.24) is 4.98 Å². The average Bonchev–Trinajstić information content (AvgIpc) is 2.41. The lowest BCUT2D eigenvalue weighted by molar-refractivity contribution is 0.0696. The van der Waals surface area contributed by atoms with E-state index < -0.39 is 5.97 Å². The summed E-state index contributed by atoms with van der Waals surface area (Å²) in [6.07, 6.45) is 1.49. The third kappa shape index (κ3) is 3.12. The van der Waals surface area contributed by atoms with Gasteiger partial charge in [0.2, 0.25) is 0 Å². The zero-order chi connectivity index (χ0) is 13.8. The van der Waals surface area contributed by atoms with Gasteiger partial charge in [-0.1, -0.05) is 17.8 Å². The van der Waals surface area contributed by atoms with Gasteiger partial charge >= 0.3 is 5.97 Å². The summed E-state index contributed by atoms with van der Waals surface area (Å²) in [5, 5.41) is 18.5. The maximum atomic E-state index is 11.0. The smallest absolute Gasteiger partial charge is 0.335 e. The van der Waals surface area contributed by atoms with Crippen molar-refractivity contribution in [1.29, 1.82) is 5.26 Å². The summed E-state index contributed by atoms with van der Waals surface area (Å²) >= 11 is 1.36. The van der Waals surface area contributed by atoms with Crippen LogP contribution in [0.3, 0.4) is 0 Å². The van der Waals surface area contributed by atoms with Crippen LogP contribution in [0.25, 0.3) is 0 Å². The van der Waals surface area contributed by atoms with Crippen molar-refractivity contribution in [3.05, 3.63) is 53.2 Å². The molecule has 0 aliphatic heterocycles. The second-order valence-electron chi connectivity index (χ2n) is 3.88. The third-order valence-electron chi connectivity index (χ3n) is 2.53. The summed E-state index contributed by atoms with van der Waals surface area (Å²) in [5.74, 6) is -0.937. The zero-order valence-electron chi connectivity index (χ0n) is 10.1. The lowest BCUT2D eigenvalue weighted by atomic mass is 10.1. The van der Waals surface area contributed by atoms with Gasteiger partial charge in [-0.25, -0.2) is 9.78 Å². The SMILES string of the molecule is Cc1ccc(Sc2ccc(C#N)cn2)cc1C(=O)O. The van der Waals surface area contributed by atoms with Crippen molar-refractivity contribution in [2.45, 2.75) is 16.8 Å². The van der Waals surface area contributed by atoms with Gasteiger partial charge in [-0.05, 0) is 36.8 Å². The number of carboxylic acids is 1. The minimum atomic E-state index is -0.937. The number of carboxylic acid groups (broad SMARTS) is 1. The van der Waals surface area contributed by atoms with E-state index in [1.807, 2.05) is 12.1 Å². The van der Waals surface area contributed by atoms with Gasteiger partial charge in [0.05, 0.1) is 11.1 Å². The molecule has 1 N–H and O–H groups in total. The second-order valence-corrected chi connectivity index (χ2v) is 4.97. The minimum Gasteiger partial charge on any atom is -0.478 e. The van der Waals surface area contributed by atoms with E-state index in [-0.39, 0.29) is 0 Å². The number of nitriles is 1. The van der Waals surface area contributed by atoms with Crippen molar-refractivity contribution in [3.8, 4) is 6.07 Å². The summed E-state index contributed by atoms with van der Waals surface area (Å²) in [7, 11) is 0. The number of aromatic nitrogens is 1. The summed E-state index contributed by atoms with van der Waals surface area (Å²) in [6, 6.07) is 10.7. The Bertz CT molecular complexity index is 660. The molecule has 0 aliphatic rings. The number of pyridine rings is 1. The molecule has 0 atom stereocenters. The van der Waals surface area contributed by atoms with Crippen molar-refractivity contribution < 1.29 is 9.90 Å². The Morgan fingerprint density at radius 2 is 2.16 bits per heavy atom. The molecule has 0 amide bonds. The summed E-state index contributed by atoms with van der Waals surface area (Å²) in [5.41, 5.74) is 1.52. The van der Waals surface area contributed by atoms with Gasteiger partial charge in [0.15, 0.2) is 0 Å². The maximum absolute atomic E-state index is 11.0. The predicted octanol–water partition coefficient (Wildman–Crippen LogP) is 3.11. The molecule has 0 radical (unpaired) electrons. The molecular formula is C14H10N2O2S. The maximum Gasteiger partial charge on any atom is 0.335 e. The highest BCUT2D eigenvalue weighted by Gasteiger charge is 2.08. The topological polar surface area (TPSA) is 74.0 Å². The Morgan fingerprint density at radius 3 is 2.74 bits per heavy atom. The first-order valence-corrected chi connectivity index (χ1v) is 6.30. The zero-order valence-corrected chi connectivity index (χ0v) is 10.9. The number of aromatic carboxylic acids is 1. The fraction of sp³-hybridized carbons (Fsp3) is 0.0714. The van der Waals surface area contributed by atoms with Crippen LogP contribution in [-0.2, 0) is 0 Å². The van der Waals surface area contributed by atoms with E-state index in [4.69, 9.17) is 10.4 Å². The molecule has 0 bridgehead atoms. The number of nitrogens with zero attached hydrogens (tertiary/aromatic N) is 2. The van der Waals surface area contributed by atoms with Crippen LogP contribution in [0, 0.1) is 18.3 Å². The normalized spacial score (nSPS) is 9.89. The van der Waals surface area contributed by atoms with Gasteiger partial charge in [0, 0.05) is 11.1 Å². The Kier molecular flexibility index (Phi) is 3.83. The van der Waals surface area contributed by atoms with Crippen LogP contribution in [0.4, 0.5) is 0 Å². The van der Waals surface area contributed by atoms with Gasteiger partial charge in [-0.15, -0.1) is 0 Å². The van der Waals surface area contributed by atoms with Crippen LogP contribution in [0.15, 0.2) is 46.5 Å². The number of aryl methyl sites for hydroxylation is 1. The summed E-state index contributed by atoms with van der Waals surface area (Å²) < 4.78 is 0. The number of benzene rings is 1. The van der Waals surface area contributed by atoms with Gasteiger partial charge in [-0.2, -0.15) is 5.26 Å². The van der Waals surface area contributed by atoms with E-state index in [0.29, 0.717) is 11.1 Å². The molecule has 5 heteroatoms. The molecule has 4 nitrogen and oxygen atoms in total. The minimum absolute atomic E-state index is 0.290. The lowest BCUT2D eigenvalue weighted by Crippen LogP contribution is -1.99. The van der Waals surface area contributed by atoms with E-state index in [0.717, 1.165) is 15.5 Å². The second kappa shape index (κ2) is 5.55. The quantitative estimate of drug-likeness (QED) is 0.927. The van der Waals surface area contributed by atoms with Gasteiger partial charge < -0.3 is 5.11 Å². The van der Waals surface area contributed by atoms with E-state index in [9.17, 15) is 4.79 Å². The number of carbonyl (C=O) groups is 1. The predicted molar refractivity (Wildman–Crippen MR) is 71.2 cm³/mol. The van der Waals surface area contributed by atoms with Crippen LogP contribution in [0.2, 0.25) is 0 Å². The van der Waals surface area contributed by atoms with Gasteiger partial charge in [-0.3, -0.25) is 0 Å². The first-order chi connectivity index (χ1) is 9.10. The molecule has 2 aromatic rings.